The molecule has 2 aromatic carbocycles. The Hall–Kier alpha value is -3.94. The molecule has 1 fully saturated rings. The molecule has 0 atom stereocenters. The lowest BCUT2D eigenvalue weighted by Gasteiger charge is -2.35. The number of hydrogen-bond acceptors (Lipinski definition) is 6. The number of nitrogens with one attached hydrogen (secondary N) is 2. The molecular formula is C23H23N7O. The van der Waals surface area contributed by atoms with Gasteiger partial charge in [-0.2, -0.15) is 5.10 Å². The number of anilines is 3. The van der Waals surface area contributed by atoms with E-state index >= 15 is 0 Å². The van der Waals surface area contributed by atoms with Gasteiger partial charge in [0.2, 0.25) is 5.91 Å². The fourth-order valence-electron chi connectivity index (χ4n) is 3.82. The van der Waals surface area contributed by atoms with Gasteiger partial charge in [-0.15, -0.1) is 0 Å². The topological polar surface area (TPSA) is 90.0 Å². The smallest absolute Gasteiger partial charge is 0.219 e. The molecule has 8 heteroatoms. The van der Waals surface area contributed by atoms with Crippen molar-refractivity contribution in [2.45, 2.75) is 6.92 Å². The van der Waals surface area contributed by atoms with E-state index in [9.17, 15) is 4.79 Å². The highest BCUT2D eigenvalue weighted by Crippen LogP contribution is 2.27. The van der Waals surface area contributed by atoms with Gasteiger partial charge in [0.05, 0.1) is 6.20 Å². The van der Waals surface area contributed by atoms with Gasteiger partial charge in [-0.1, -0.05) is 30.3 Å². The van der Waals surface area contributed by atoms with Crippen LogP contribution in [0.25, 0.3) is 22.4 Å². The Morgan fingerprint density at radius 2 is 1.71 bits per heavy atom. The van der Waals surface area contributed by atoms with E-state index in [1.165, 1.54) is 0 Å². The molecule has 0 radical (unpaired) electrons. The highest BCUT2D eigenvalue weighted by Gasteiger charge is 2.19. The van der Waals surface area contributed by atoms with Gasteiger partial charge in [-0.3, -0.25) is 9.89 Å². The summed E-state index contributed by atoms with van der Waals surface area (Å²) in [5.74, 6) is 1.48. The van der Waals surface area contributed by atoms with E-state index in [4.69, 9.17) is 4.98 Å². The molecule has 156 valence electrons. The van der Waals surface area contributed by atoms with E-state index < -0.39 is 0 Å². The number of carbonyl (C=O) groups is 1. The second-order valence-corrected chi connectivity index (χ2v) is 7.56. The molecule has 0 aliphatic carbocycles. The fourth-order valence-corrected chi connectivity index (χ4v) is 3.82. The van der Waals surface area contributed by atoms with Crippen molar-refractivity contribution in [1.29, 1.82) is 0 Å². The minimum atomic E-state index is 0.143. The van der Waals surface area contributed by atoms with Crippen molar-refractivity contribution in [1.82, 2.24) is 25.1 Å². The summed E-state index contributed by atoms with van der Waals surface area (Å²) in [7, 11) is 0. The lowest BCUT2D eigenvalue weighted by molar-refractivity contribution is -0.129. The van der Waals surface area contributed by atoms with Gasteiger partial charge in [0.15, 0.2) is 11.6 Å². The average Bonchev–Trinajstić information content (AvgIpc) is 3.29. The zero-order valence-electron chi connectivity index (χ0n) is 17.2. The third kappa shape index (κ3) is 3.92. The molecule has 2 N–H and O–H groups in total. The Balaban J connectivity index is 1.37. The number of H-pyrrole nitrogens is 1. The van der Waals surface area contributed by atoms with Crippen LogP contribution in [0.5, 0.6) is 0 Å². The molecule has 1 aliphatic heterocycles. The van der Waals surface area contributed by atoms with Crippen LogP contribution in [0.2, 0.25) is 0 Å². The summed E-state index contributed by atoms with van der Waals surface area (Å²) < 4.78 is 0. The minimum Gasteiger partial charge on any atom is -0.368 e. The zero-order valence-corrected chi connectivity index (χ0v) is 17.2. The largest absolute Gasteiger partial charge is 0.368 e. The lowest BCUT2D eigenvalue weighted by Crippen LogP contribution is -2.48. The molecular weight excluding hydrogens is 390 g/mol. The Bertz CT molecular complexity index is 1200. The summed E-state index contributed by atoms with van der Waals surface area (Å²) in [6.45, 7) is 4.83. The number of benzene rings is 2. The average molecular weight is 413 g/mol. The predicted molar refractivity (Wildman–Crippen MR) is 121 cm³/mol. The number of amides is 1. The summed E-state index contributed by atoms with van der Waals surface area (Å²) in [6.07, 6.45) is 1.71. The van der Waals surface area contributed by atoms with Gasteiger partial charge in [0.25, 0.3) is 0 Å². The molecule has 8 nitrogen and oxygen atoms in total. The van der Waals surface area contributed by atoms with Crippen molar-refractivity contribution in [2.24, 2.45) is 0 Å². The molecule has 2 aromatic heterocycles. The highest BCUT2D eigenvalue weighted by atomic mass is 16.2. The number of aromatic nitrogens is 4. The fraction of sp³-hybridized carbons (Fsp3) is 0.217. The van der Waals surface area contributed by atoms with Crippen LogP contribution in [0.1, 0.15) is 6.92 Å². The molecule has 1 saturated heterocycles. The predicted octanol–water partition coefficient (Wildman–Crippen LogP) is 3.43. The quantitative estimate of drug-likeness (QED) is 0.533. The van der Waals surface area contributed by atoms with Gasteiger partial charge >= 0.3 is 0 Å². The number of hydrogen-bond donors (Lipinski definition) is 2. The molecule has 3 heterocycles. The summed E-state index contributed by atoms with van der Waals surface area (Å²) in [5.41, 5.74) is 4.56. The van der Waals surface area contributed by atoms with E-state index in [2.05, 4.69) is 37.5 Å². The van der Waals surface area contributed by atoms with Crippen molar-refractivity contribution in [2.75, 3.05) is 36.4 Å². The third-order valence-electron chi connectivity index (χ3n) is 5.55. The Morgan fingerprint density at radius 3 is 2.42 bits per heavy atom. The number of piperazine rings is 1. The molecule has 5 rings (SSSR count). The molecule has 0 unspecified atom stereocenters. The van der Waals surface area contributed by atoms with Crippen LogP contribution in [-0.2, 0) is 4.79 Å². The lowest BCUT2D eigenvalue weighted by atomic mass is 10.2. The first kappa shape index (κ1) is 19.0. The van der Waals surface area contributed by atoms with Crippen LogP contribution >= 0.6 is 0 Å². The van der Waals surface area contributed by atoms with Crippen LogP contribution in [-0.4, -0.2) is 57.2 Å². The number of carbonyl (C=O) groups excluding carboxylic acids is 1. The molecule has 4 aromatic rings. The zero-order chi connectivity index (χ0) is 21.2. The molecule has 1 aliphatic rings. The van der Waals surface area contributed by atoms with Crippen molar-refractivity contribution in [3.63, 3.8) is 0 Å². The Labute approximate surface area is 179 Å². The Morgan fingerprint density at radius 1 is 0.968 bits per heavy atom. The summed E-state index contributed by atoms with van der Waals surface area (Å²) >= 11 is 0. The van der Waals surface area contributed by atoms with E-state index in [0.29, 0.717) is 11.6 Å². The SMILES string of the molecule is CC(=O)N1CCN(c2ccc(Nc3nc(-c4ccccc4)nc4cn[nH]c34)cc2)CC1. The Kier molecular flexibility index (Phi) is 4.95. The second kappa shape index (κ2) is 8.06. The monoisotopic (exact) mass is 413 g/mol. The summed E-state index contributed by atoms with van der Waals surface area (Å²) in [6, 6.07) is 18.2. The van der Waals surface area contributed by atoms with Crippen molar-refractivity contribution >= 4 is 34.1 Å². The van der Waals surface area contributed by atoms with Gasteiger partial charge in [0.1, 0.15) is 11.0 Å². The number of rotatable bonds is 4. The van der Waals surface area contributed by atoms with Crippen molar-refractivity contribution in [3.8, 4) is 11.4 Å². The molecule has 0 bridgehead atoms. The van der Waals surface area contributed by atoms with Crippen LogP contribution in [0.4, 0.5) is 17.2 Å². The van der Waals surface area contributed by atoms with E-state index in [1.54, 1.807) is 13.1 Å². The number of fused-ring (bicyclic) bond motifs is 1. The molecule has 0 saturated carbocycles. The van der Waals surface area contributed by atoms with Crippen LogP contribution in [0.15, 0.2) is 60.8 Å². The molecule has 1 amide bonds. The minimum absolute atomic E-state index is 0.143. The summed E-state index contributed by atoms with van der Waals surface area (Å²) in [5, 5.41) is 10.5. The van der Waals surface area contributed by atoms with E-state index in [0.717, 1.165) is 54.2 Å². The maximum atomic E-state index is 11.5. The second-order valence-electron chi connectivity index (χ2n) is 7.56. The maximum absolute atomic E-state index is 11.5. The van der Waals surface area contributed by atoms with Crippen LogP contribution < -0.4 is 10.2 Å². The van der Waals surface area contributed by atoms with Gasteiger partial charge in [0, 0.05) is 50.0 Å². The third-order valence-corrected chi connectivity index (χ3v) is 5.55. The van der Waals surface area contributed by atoms with Gasteiger partial charge < -0.3 is 15.1 Å². The number of aromatic amines is 1. The van der Waals surface area contributed by atoms with E-state index in [-0.39, 0.29) is 5.91 Å². The normalized spacial score (nSPS) is 14.1. The van der Waals surface area contributed by atoms with Gasteiger partial charge in [-0.25, -0.2) is 9.97 Å². The van der Waals surface area contributed by atoms with Crippen molar-refractivity contribution in [3.05, 3.63) is 60.8 Å². The first-order chi connectivity index (χ1) is 15.2. The van der Waals surface area contributed by atoms with Gasteiger partial charge in [-0.05, 0) is 24.3 Å². The van der Waals surface area contributed by atoms with Crippen molar-refractivity contribution < 1.29 is 4.79 Å². The molecule has 0 spiro atoms. The van der Waals surface area contributed by atoms with E-state index in [1.807, 2.05) is 47.4 Å². The molecule has 31 heavy (non-hydrogen) atoms. The first-order valence-corrected chi connectivity index (χ1v) is 10.3. The first-order valence-electron chi connectivity index (χ1n) is 10.3. The standard InChI is InChI=1S/C23H23N7O/c1-16(31)29-11-13-30(14-12-29)19-9-7-18(8-10-19)25-23-21-20(15-24-28-21)26-22(27-23)17-5-3-2-4-6-17/h2-10,15H,11-14H2,1H3,(H,24,28)(H,25,26,27). The highest BCUT2D eigenvalue weighted by molar-refractivity contribution is 5.88. The van der Waals surface area contributed by atoms with Crippen LogP contribution in [0, 0.1) is 0 Å². The van der Waals surface area contributed by atoms with Crippen LogP contribution in [0.3, 0.4) is 0 Å². The maximum Gasteiger partial charge on any atom is 0.219 e. The summed E-state index contributed by atoms with van der Waals surface area (Å²) in [4.78, 5) is 25.1. The number of nitrogens with zero attached hydrogens (tertiary/aromatic N) is 5.